The second kappa shape index (κ2) is 7.48. The number of ether oxygens (including phenoxy) is 1. The highest BCUT2D eigenvalue weighted by Gasteiger charge is 2.19. The van der Waals surface area contributed by atoms with Gasteiger partial charge in [0.15, 0.2) is 5.82 Å². The van der Waals surface area contributed by atoms with E-state index in [0.29, 0.717) is 18.6 Å². The summed E-state index contributed by atoms with van der Waals surface area (Å²) in [4.78, 5) is 20.2. The first-order chi connectivity index (χ1) is 9.17. The first-order valence-corrected chi connectivity index (χ1v) is 6.29. The standard InChI is InChI=1S/C13H19N3O3/c1-4-9-7-10(5-2)16-12(14-8-15-18)11(9)13(17)19-6-3/h7-8,18H,4-6H2,1-3H3,(H,14,15,16). The van der Waals surface area contributed by atoms with Gasteiger partial charge in [-0.2, -0.15) is 0 Å². The predicted octanol–water partition coefficient (Wildman–Crippen LogP) is 2.02. The number of hydrogen-bond acceptors (Lipinski definition) is 5. The molecule has 0 unspecified atom stereocenters. The van der Waals surface area contributed by atoms with E-state index in [1.54, 1.807) is 12.4 Å². The molecule has 6 nitrogen and oxygen atoms in total. The van der Waals surface area contributed by atoms with Gasteiger partial charge in [0.2, 0.25) is 0 Å². The molecule has 0 atom stereocenters. The van der Waals surface area contributed by atoms with Crippen molar-refractivity contribution >= 4 is 18.1 Å². The second-order valence-corrected chi connectivity index (χ2v) is 3.79. The minimum atomic E-state index is -0.445. The Morgan fingerprint density at radius 2 is 2.21 bits per heavy atom. The van der Waals surface area contributed by atoms with E-state index in [2.05, 4.69) is 9.98 Å². The second-order valence-electron chi connectivity index (χ2n) is 3.79. The Bertz CT molecular complexity index is 472. The monoisotopic (exact) mass is 265 g/mol. The summed E-state index contributed by atoms with van der Waals surface area (Å²) in [7, 11) is 0. The van der Waals surface area contributed by atoms with Crippen LogP contribution in [0.2, 0.25) is 0 Å². The molecule has 2 N–H and O–H groups in total. The van der Waals surface area contributed by atoms with Crippen molar-refractivity contribution in [1.29, 1.82) is 0 Å². The van der Waals surface area contributed by atoms with Crippen LogP contribution >= 0.6 is 0 Å². The topological polar surface area (TPSA) is 83.8 Å². The van der Waals surface area contributed by atoms with Gasteiger partial charge >= 0.3 is 5.97 Å². The van der Waals surface area contributed by atoms with Crippen molar-refractivity contribution in [2.24, 2.45) is 4.99 Å². The molecule has 0 aliphatic heterocycles. The van der Waals surface area contributed by atoms with Crippen molar-refractivity contribution < 1.29 is 14.7 Å². The molecule has 0 aliphatic rings. The Balaban J connectivity index is 3.36. The van der Waals surface area contributed by atoms with Crippen LogP contribution in [0.3, 0.4) is 0 Å². The van der Waals surface area contributed by atoms with Gasteiger partial charge in [0.25, 0.3) is 0 Å². The van der Waals surface area contributed by atoms with Gasteiger partial charge < -0.3 is 4.74 Å². The Morgan fingerprint density at radius 1 is 1.47 bits per heavy atom. The third-order valence-electron chi connectivity index (χ3n) is 2.60. The summed E-state index contributed by atoms with van der Waals surface area (Å²) >= 11 is 0. The lowest BCUT2D eigenvalue weighted by Crippen LogP contribution is -2.11. The maximum absolute atomic E-state index is 12.0. The normalized spacial score (nSPS) is 10.7. The number of aromatic nitrogens is 1. The third kappa shape index (κ3) is 3.75. The number of carbonyl (C=O) groups is 1. The number of rotatable bonds is 6. The molecule has 1 heterocycles. The minimum absolute atomic E-state index is 0.260. The molecule has 0 spiro atoms. The van der Waals surface area contributed by atoms with E-state index in [4.69, 9.17) is 9.94 Å². The van der Waals surface area contributed by atoms with Crippen molar-refractivity contribution in [3.63, 3.8) is 0 Å². The molecular weight excluding hydrogens is 246 g/mol. The number of hydrogen-bond donors (Lipinski definition) is 2. The van der Waals surface area contributed by atoms with Gasteiger partial charge in [0.05, 0.1) is 6.61 Å². The molecule has 0 aromatic carbocycles. The summed E-state index contributed by atoms with van der Waals surface area (Å²) < 4.78 is 5.03. The maximum atomic E-state index is 12.0. The number of nitrogens with one attached hydrogen (secondary N) is 1. The van der Waals surface area contributed by atoms with Crippen LogP contribution in [0, 0.1) is 0 Å². The van der Waals surface area contributed by atoms with E-state index in [9.17, 15) is 4.79 Å². The van der Waals surface area contributed by atoms with Crippen molar-refractivity contribution in [3.8, 4) is 0 Å². The van der Waals surface area contributed by atoms with Gasteiger partial charge in [-0.25, -0.2) is 14.8 Å². The summed E-state index contributed by atoms with van der Waals surface area (Å²) in [5.41, 5.74) is 3.85. The van der Waals surface area contributed by atoms with Gasteiger partial charge in [-0.05, 0) is 31.4 Å². The van der Waals surface area contributed by atoms with Crippen LogP contribution in [0.1, 0.15) is 42.4 Å². The zero-order chi connectivity index (χ0) is 14.3. The van der Waals surface area contributed by atoms with Gasteiger partial charge in [-0.3, -0.25) is 10.7 Å². The van der Waals surface area contributed by atoms with Crippen molar-refractivity contribution in [1.82, 2.24) is 10.5 Å². The molecule has 0 aliphatic carbocycles. The molecule has 0 saturated carbocycles. The van der Waals surface area contributed by atoms with Crippen LogP contribution in [0.15, 0.2) is 11.1 Å². The van der Waals surface area contributed by atoms with E-state index >= 15 is 0 Å². The van der Waals surface area contributed by atoms with Crippen molar-refractivity contribution in [2.45, 2.75) is 33.6 Å². The Labute approximate surface area is 112 Å². The number of aryl methyl sites for hydroxylation is 2. The van der Waals surface area contributed by atoms with Crippen molar-refractivity contribution in [3.05, 3.63) is 22.9 Å². The molecule has 0 bridgehead atoms. The zero-order valence-electron chi connectivity index (χ0n) is 11.4. The number of aliphatic imine (C=N–C) groups is 1. The van der Waals surface area contributed by atoms with Gasteiger partial charge in [-0.15, -0.1) is 0 Å². The number of nitrogens with zero attached hydrogens (tertiary/aromatic N) is 2. The summed E-state index contributed by atoms with van der Waals surface area (Å²) in [6.45, 7) is 5.97. The fraction of sp³-hybridized carbons (Fsp3) is 0.462. The molecular formula is C13H19N3O3. The van der Waals surface area contributed by atoms with E-state index in [-0.39, 0.29) is 5.82 Å². The van der Waals surface area contributed by atoms with Gasteiger partial charge in [0.1, 0.15) is 11.9 Å². The largest absolute Gasteiger partial charge is 0.462 e. The molecule has 19 heavy (non-hydrogen) atoms. The predicted molar refractivity (Wildman–Crippen MR) is 72.0 cm³/mol. The van der Waals surface area contributed by atoms with Crippen LogP contribution < -0.4 is 5.48 Å². The average Bonchev–Trinajstić information content (AvgIpc) is 2.43. The summed E-state index contributed by atoms with van der Waals surface area (Å²) in [6, 6.07) is 1.89. The Morgan fingerprint density at radius 3 is 2.74 bits per heavy atom. The molecule has 6 heteroatoms. The van der Waals surface area contributed by atoms with E-state index in [1.807, 2.05) is 19.9 Å². The van der Waals surface area contributed by atoms with E-state index in [1.165, 1.54) is 0 Å². The lowest BCUT2D eigenvalue weighted by atomic mass is 10.0. The van der Waals surface area contributed by atoms with Crippen molar-refractivity contribution in [2.75, 3.05) is 6.61 Å². The molecule has 1 rings (SSSR count). The smallest absolute Gasteiger partial charge is 0.342 e. The molecule has 1 aromatic heterocycles. The fourth-order valence-electron chi connectivity index (χ4n) is 1.71. The van der Waals surface area contributed by atoms with E-state index < -0.39 is 5.97 Å². The first-order valence-electron chi connectivity index (χ1n) is 6.29. The Hall–Kier alpha value is -1.95. The van der Waals surface area contributed by atoms with Crippen LogP contribution in [-0.2, 0) is 17.6 Å². The highest BCUT2D eigenvalue weighted by atomic mass is 16.5. The maximum Gasteiger partial charge on any atom is 0.342 e. The molecule has 0 amide bonds. The number of esters is 1. The summed E-state index contributed by atoms with van der Waals surface area (Å²) in [5, 5.41) is 8.57. The molecule has 0 saturated heterocycles. The SMILES string of the molecule is CCOC(=O)c1c(CC)cc(CC)nc1/N=C\NO. The lowest BCUT2D eigenvalue weighted by molar-refractivity contribution is 0.0525. The zero-order valence-corrected chi connectivity index (χ0v) is 11.4. The average molecular weight is 265 g/mol. The molecule has 104 valence electrons. The van der Waals surface area contributed by atoms with Gasteiger partial charge in [0, 0.05) is 5.69 Å². The lowest BCUT2D eigenvalue weighted by Gasteiger charge is -2.11. The number of pyridine rings is 1. The fourth-order valence-corrected chi connectivity index (χ4v) is 1.71. The van der Waals surface area contributed by atoms with Crippen LogP contribution in [-0.4, -0.2) is 29.1 Å². The molecule has 0 radical (unpaired) electrons. The Kier molecular flexibility index (Phi) is 5.95. The minimum Gasteiger partial charge on any atom is -0.462 e. The highest BCUT2D eigenvalue weighted by molar-refractivity contribution is 5.96. The van der Waals surface area contributed by atoms with Crippen LogP contribution in [0.4, 0.5) is 5.82 Å². The van der Waals surface area contributed by atoms with Crippen LogP contribution in [0.25, 0.3) is 0 Å². The summed E-state index contributed by atoms with van der Waals surface area (Å²) in [6.07, 6.45) is 2.49. The first kappa shape index (κ1) is 15.1. The number of carbonyl (C=O) groups excluding carboxylic acids is 1. The number of hydroxylamine groups is 1. The quantitative estimate of drug-likeness (QED) is 0.356. The summed E-state index contributed by atoms with van der Waals surface area (Å²) in [5.74, 6) is -0.184. The highest BCUT2D eigenvalue weighted by Crippen LogP contribution is 2.23. The van der Waals surface area contributed by atoms with Gasteiger partial charge in [-0.1, -0.05) is 13.8 Å². The molecule has 1 aromatic rings. The van der Waals surface area contributed by atoms with E-state index in [0.717, 1.165) is 24.0 Å². The van der Waals surface area contributed by atoms with Crippen LogP contribution in [0.5, 0.6) is 0 Å². The molecule has 0 fully saturated rings. The third-order valence-corrected chi connectivity index (χ3v) is 2.60.